The lowest BCUT2D eigenvalue weighted by molar-refractivity contribution is -0.136. The van der Waals surface area contributed by atoms with E-state index >= 15 is 0 Å². The van der Waals surface area contributed by atoms with E-state index in [2.05, 4.69) is 65.2 Å². The third-order valence-electron chi connectivity index (χ3n) is 13.5. The molecule has 67 heavy (non-hydrogen) atoms. The number of rotatable bonds is 18. The van der Waals surface area contributed by atoms with Gasteiger partial charge < -0.3 is 29.8 Å². The zero-order chi connectivity index (χ0) is 46.3. The number of carbonyl (C=O) groups is 6. The number of piperidine rings is 2. The quantitative estimate of drug-likeness (QED) is 0.0765. The summed E-state index contributed by atoms with van der Waals surface area (Å²) in [6.45, 7) is 5.45. The maximum absolute atomic E-state index is 13.3. The van der Waals surface area contributed by atoms with E-state index in [1.807, 2.05) is 33.7 Å². The van der Waals surface area contributed by atoms with Gasteiger partial charge in [0.2, 0.25) is 29.6 Å². The van der Waals surface area contributed by atoms with Gasteiger partial charge in [0.05, 0.1) is 23.9 Å². The Balaban J connectivity index is 0.610. The van der Waals surface area contributed by atoms with E-state index < -0.39 is 29.7 Å². The average Bonchev–Trinajstić information content (AvgIpc) is 4.12. The Bertz CT molecular complexity index is 2600. The molecule has 4 aliphatic heterocycles. The molecule has 0 saturated carbocycles. The average molecular weight is 912 g/mol. The molecule has 0 radical (unpaired) electrons. The highest BCUT2D eigenvalue weighted by molar-refractivity contribution is 6.23. The van der Waals surface area contributed by atoms with Crippen LogP contribution in [0.25, 0.3) is 16.8 Å². The number of fused-ring (bicyclic) bond motifs is 2. The van der Waals surface area contributed by atoms with Crippen molar-refractivity contribution in [1.29, 1.82) is 0 Å². The highest BCUT2D eigenvalue weighted by Gasteiger charge is 2.45. The zero-order valence-corrected chi connectivity index (χ0v) is 37.7. The fourth-order valence-corrected chi connectivity index (χ4v) is 9.65. The lowest BCUT2D eigenvalue weighted by Crippen LogP contribution is -2.54. The summed E-state index contributed by atoms with van der Waals surface area (Å²) in [4.78, 5) is 88.4. The lowest BCUT2D eigenvalue weighted by Gasteiger charge is -2.36. The number of hydrogen-bond donors (Lipinski definition) is 3. The maximum Gasteiger partial charge on any atom is 0.262 e. The molecule has 2 aromatic carbocycles. The van der Waals surface area contributed by atoms with Crippen LogP contribution in [0.1, 0.15) is 104 Å². The molecule has 5 aromatic rings. The van der Waals surface area contributed by atoms with Crippen molar-refractivity contribution in [3.8, 4) is 11.1 Å². The number of piperazine rings is 1. The molecule has 3 saturated heterocycles. The van der Waals surface area contributed by atoms with Gasteiger partial charge in [0.15, 0.2) is 5.65 Å². The first-order valence-electron chi connectivity index (χ1n) is 23.7. The Hall–Kier alpha value is -7.11. The third-order valence-corrected chi connectivity index (χ3v) is 13.5. The summed E-state index contributed by atoms with van der Waals surface area (Å²) < 4.78 is 7.26. The first kappa shape index (κ1) is 45.1. The van der Waals surface area contributed by atoms with Crippen LogP contribution in [-0.2, 0) is 25.7 Å². The van der Waals surface area contributed by atoms with Gasteiger partial charge >= 0.3 is 0 Å². The predicted molar refractivity (Wildman–Crippen MR) is 249 cm³/mol. The topological polar surface area (TPSA) is 208 Å². The first-order chi connectivity index (χ1) is 32.7. The number of aromatic nitrogens is 4. The molecule has 3 N–H and O–H groups in total. The van der Waals surface area contributed by atoms with Gasteiger partial charge in [0.1, 0.15) is 18.1 Å². The van der Waals surface area contributed by atoms with Crippen molar-refractivity contribution in [2.75, 3.05) is 60.9 Å². The van der Waals surface area contributed by atoms with Gasteiger partial charge in [-0.2, -0.15) is 0 Å². The van der Waals surface area contributed by atoms with Crippen molar-refractivity contribution in [3.63, 3.8) is 0 Å². The second-order valence-electron chi connectivity index (χ2n) is 17.8. The number of hydrogen-bond acceptors (Lipinski definition) is 13. The summed E-state index contributed by atoms with van der Waals surface area (Å²) in [7, 11) is 0. The predicted octanol–water partition coefficient (Wildman–Crippen LogP) is 5.20. The molecular formula is C49H57N11O7. The number of anilines is 3. The standard InChI is InChI=1S/C49H57N11O7/c61-42-18-17-41(46(64)54-42)60-47(65)38-16-15-36(29-39(38)48(60)66)56-22-19-34(20-23-56)45(63)50-21-7-5-3-1-2-4-6-10-43(62)58-26-24-57(25-27-58)35-13-11-33(12-14-35)40-31-52-49(59-32-53-55-44(40)59)51-30-37-9-8-28-67-37/h8-9,11-16,28-29,31-32,34,41H,1-7,10,17-27,30H2,(H,50,63)(H,51,52)(H,54,61,64). The van der Waals surface area contributed by atoms with Gasteiger partial charge in [-0.25, -0.2) is 4.98 Å². The number of carbonyl (C=O) groups excluding carboxylic acids is 6. The molecule has 1 unspecified atom stereocenters. The zero-order valence-electron chi connectivity index (χ0n) is 37.7. The number of nitrogens with zero attached hydrogens (tertiary/aromatic N) is 8. The molecule has 18 heteroatoms. The van der Waals surface area contributed by atoms with E-state index in [1.54, 1.807) is 24.7 Å². The summed E-state index contributed by atoms with van der Waals surface area (Å²) in [6, 6.07) is 16.3. The van der Waals surface area contributed by atoms with Crippen LogP contribution in [0.2, 0.25) is 0 Å². The number of furan rings is 1. The van der Waals surface area contributed by atoms with Crippen LogP contribution in [0.15, 0.2) is 77.8 Å². The van der Waals surface area contributed by atoms with Crippen LogP contribution in [-0.4, -0.2) is 117 Å². The molecule has 6 amide bonds. The van der Waals surface area contributed by atoms with Crippen molar-refractivity contribution >= 4 is 58.4 Å². The van der Waals surface area contributed by atoms with Crippen LogP contribution in [0.3, 0.4) is 0 Å². The van der Waals surface area contributed by atoms with Gasteiger partial charge in [-0.3, -0.25) is 43.4 Å². The minimum atomic E-state index is -0.998. The molecule has 0 bridgehead atoms. The van der Waals surface area contributed by atoms with Gasteiger partial charge in [-0.15, -0.1) is 10.2 Å². The van der Waals surface area contributed by atoms with Crippen molar-refractivity contribution in [2.45, 2.75) is 89.6 Å². The molecule has 18 nitrogen and oxygen atoms in total. The molecule has 1 atom stereocenters. The van der Waals surface area contributed by atoms with E-state index in [4.69, 9.17) is 4.42 Å². The minimum Gasteiger partial charge on any atom is -0.467 e. The Morgan fingerprint density at radius 1 is 0.761 bits per heavy atom. The fourth-order valence-electron chi connectivity index (χ4n) is 9.65. The first-order valence-corrected chi connectivity index (χ1v) is 23.7. The third kappa shape index (κ3) is 10.2. The molecule has 4 aliphatic rings. The lowest BCUT2D eigenvalue weighted by atomic mass is 9.95. The summed E-state index contributed by atoms with van der Waals surface area (Å²) in [5.74, 6) is -0.405. The van der Waals surface area contributed by atoms with Crippen molar-refractivity contribution in [3.05, 3.63) is 90.3 Å². The second kappa shape index (κ2) is 20.6. The second-order valence-corrected chi connectivity index (χ2v) is 17.8. The molecule has 9 rings (SSSR count). The summed E-state index contributed by atoms with van der Waals surface area (Å²) in [6.07, 6.45) is 14.5. The Kier molecular flexibility index (Phi) is 13.9. The van der Waals surface area contributed by atoms with Gasteiger partial charge in [0.25, 0.3) is 11.8 Å². The highest BCUT2D eigenvalue weighted by atomic mass is 16.3. The number of imide groups is 2. The minimum absolute atomic E-state index is 0.0735. The number of nitrogens with one attached hydrogen (secondary N) is 3. The fraction of sp³-hybridized carbons (Fsp3) is 0.449. The van der Waals surface area contributed by atoms with Crippen molar-refractivity contribution in [1.82, 2.24) is 40.0 Å². The van der Waals surface area contributed by atoms with Crippen LogP contribution < -0.4 is 25.8 Å². The van der Waals surface area contributed by atoms with E-state index in [-0.39, 0.29) is 41.7 Å². The van der Waals surface area contributed by atoms with Crippen LogP contribution in [0.4, 0.5) is 17.3 Å². The molecule has 0 aliphatic carbocycles. The molecule has 3 aromatic heterocycles. The molecule has 7 heterocycles. The van der Waals surface area contributed by atoms with Gasteiger partial charge in [-0.05, 0) is 80.1 Å². The Morgan fingerprint density at radius 3 is 2.22 bits per heavy atom. The van der Waals surface area contributed by atoms with Crippen molar-refractivity contribution in [2.24, 2.45) is 5.92 Å². The number of benzene rings is 2. The van der Waals surface area contributed by atoms with E-state index in [9.17, 15) is 28.8 Å². The maximum atomic E-state index is 13.3. The normalized spacial score (nSPS) is 17.9. The highest BCUT2D eigenvalue weighted by Crippen LogP contribution is 2.33. The molecular weight excluding hydrogens is 855 g/mol. The summed E-state index contributed by atoms with van der Waals surface area (Å²) in [5, 5.41) is 17.1. The van der Waals surface area contributed by atoms with Gasteiger partial charge in [0, 0.05) is 87.7 Å². The number of amides is 6. The monoisotopic (exact) mass is 911 g/mol. The summed E-state index contributed by atoms with van der Waals surface area (Å²) >= 11 is 0. The summed E-state index contributed by atoms with van der Waals surface area (Å²) in [5.41, 5.74) is 5.03. The largest absolute Gasteiger partial charge is 0.467 e. The molecule has 350 valence electrons. The smallest absolute Gasteiger partial charge is 0.262 e. The molecule has 0 spiro atoms. The number of unbranched alkanes of at least 4 members (excludes halogenated alkanes) is 6. The van der Waals surface area contributed by atoms with Crippen LogP contribution in [0, 0.1) is 5.92 Å². The molecule has 3 fully saturated rings. The SMILES string of the molecule is O=C1CCC(N2C(=O)c3ccc(N4CCC(C(=O)NCCCCCCCCCC(=O)N5CCN(c6ccc(-c7cnc(NCc8ccco8)n8cnnc78)cc6)CC5)CC4)cc3C2=O)C(=O)N1. The van der Waals surface area contributed by atoms with Crippen LogP contribution >= 0.6 is 0 Å². The van der Waals surface area contributed by atoms with E-state index in [0.717, 1.165) is 91.2 Å². The van der Waals surface area contributed by atoms with Crippen LogP contribution in [0.5, 0.6) is 0 Å². The van der Waals surface area contributed by atoms with Crippen molar-refractivity contribution < 1.29 is 33.2 Å². The Morgan fingerprint density at radius 2 is 1.48 bits per heavy atom. The van der Waals surface area contributed by atoms with Gasteiger partial charge in [-0.1, -0.05) is 44.2 Å². The van der Waals surface area contributed by atoms with E-state index in [0.29, 0.717) is 70.1 Å². The van der Waals surface area contributed by atoms with E-state index in [1.165, 1.54) is 0 Å². The Labute approximate surface area is 388 Å².